The van der Waals surface area contributed by atoms with Gasteiger partial charge in [-0.2, -0.15) is 0 Å². The van der Waals surface area contributed by atoms with Gasteiger partial charge in [0.2, 0.25) is 0 Å². The van der Waals surface area contributed by atoms with E-state index in [0.29, 0.717) is 0 Å². The summed E-state index contributed by atoms with van der Waals surface area (Å²) in [6, 6.07) is 2.54. The summed E-state index contributed by atoms with van der Waals surface area (Å²) in [7, 11) is 11.9. The van der Waals surface area contributed by atoms with E-state index in [1.54, 1.807) is 64.0 Å². The fraction of sp³-hybridized carbons (Fsp3) is 1.00. The van der Waals surface area contributed by atoms with Gasteiger partial charge in [0.25, 0.3) is 0 Å². The van der Waals surface area contributed by atoms with E-state index in [-0.39, 0.29) is 5.04 Å². The molecule has 0 amide bonds. The highest BCUT2D eigenvalue weighted by atomic mass is 28.4. The quantitative estimate of drug-likeness (QED) is 0.0865. The molecule has 0 atom stereocenters. The van der Waals surface area contributed by atoms with Crippen LogP contribution in [0, 0.1) is 0 Å². The molecule has 0 bridgehead atoms. The van der Waals surface area contributed by atoms with Gasteiger partial charge in [0.15, 0.2) is 0 Å². The van der Waals surface area contributed by atoms with Crippen molar-refractivity contribution in [2.75, 3.05) is 64.0 Å². The van der Waals surface area contributed by atoms with Crippen molar-refractivity contribution in [3.63, 3.8) is 0 Å². The topological polar surface area (TPSA) is 83.1 Å². The van der Waals surface area contributed by atoms with E-state index < -0.39 is 26.4 Å². The van der Waals surface area contributed by atoms with E-state index >= 15 is 0 Å². The lowest BCUT2D eigenvalue weighted by atomic mass is 9.88. The predicted molar refractivity (Wildman–Crippen MR) is 159 cm³/mol. The summed E-state index contributed by atoms with van der Waals surface area (Å²) in [6.07, 6.45) is 13.4. The van der Waals surface area contributed by atoms with Crippen LogP contribution in [0.1, 0.15) is 77.0 Å². The van der Waals surface area contributed by atoms with Crippen molar-refractivity contribution < 1.29 is 39.8 Å². The maximum Gasteiger partial charge on any atom is 0.500 e. The van der Waals surface area contributed by atoms with Gasteiger partial charge in [0.1, 0.15) is 0 Å². The Morgan fingerprint density at radius 1 is 0.368 bits per heavy atom. The Labute approximate surface area is 240 Å². The molecule has 0 aromatic heterocycles. The molecule has 0 saturated heterocycles. The van der Waals surface area contributed by atoms with Crippen LogP contribution in [0.25, 0.3) is 0 Å². The van der Waals surface area contributed by atoms with Crippen LogP contribution in [0.4, 0.5) is 0 Å². The zero-order chi connectivity index (χ0) is 29.0. The molecule has 13 heteroatoms. The number of unbranched alkanes of at least 4 members (excludes halogenated alkanes) is 6. The zero-order valence-electron chi connectivity index (χ0n) is 25.8. The Hall–Kier alpha value is 0.508. The Morgan fingerprint density at radius 2 is 0.579 bits per heavy atom. The number of hydrogen-bond donors (Lipinski definition) is 0. The molecule has 0 aromatic rings. The molecule has 0 aliphatic rings. The van der Waals surface area contributed by atoms with Crippen molar-refractivity contribution in [2.45, 2.75) is 100 Å². The lowest BCUT2D eigenvalue weighted by Crippen LogP contribution is -2.42. The second-order valence-electron chi connectivity index (χ2n) is 9.85. The Balaban J connectivity index is 4.80. The second-order valence-corrected chi connectivity index (χ2v) is 20.2. The van der Waals surface area contributed by atoms with E-state index in [0.717, 1.165) is 95.2 Å². The molecule has 9 nitrogen and oxygen atoms in total. The van der Waals surface area contributed by atoms with Crippen molar-refractivity contribution in [1.29, 1.82) is 0 Å². The third kappa shape index (κ3) is 13.9. The summed E-state index contributed by atoms with van der Waals surface area (Å²) in [5.74, 6) is 0. The van der Waals surface area contributed by atoms with Crippen molar-refractivity contribution >= 4 is 36.7 Å². The average Bonchev–Trinajstić information content (AvgIpc) is 2.96. The molecule has 0 aromatic carbocycles. The molecule has 227 valence electrons. The van der Waals surface area contributed by atoms with Gasteiger partial charge < -0.3 is 39.8 Å². The van der Waals surface area contributed by atoms with Gasteiger partial charge in [-0.1, -0.05) is 57.8 Å². The van der Waals surface area contributed by atoms with E-state index in [1.165, 1.54) is 0 Å². The predicted octanol–water partition coefficient (Wildman–Crippen LogP) is 5.63. The summed E-state index contributed by atoms with van der Waals surface area (Å²) in [5, 5.41) is 0.134. The van der Waals surface area contributed by atoms with E-state index in [4.69, 9.17) is 39.8 Å². The van der Waals surface area contributed by atoms with Crippen molar-refractivity contribution in [1.82, 2.24) is 0 Å². The zero-order valence-corrected chi connectivity index (χ0v) is 29.8. The Morgan fingerprint density at radius 3 is 0.763 bits per heavy atom. The smallest absolute Gasteiger partial charge is 0.377 e. The third-order valence-electron chi connectivity index (χ3n) is 7.71. The highest BCUT2D eigenvalue weighted by molar-refractivity contribution is 6.61. The van der Waals surface area contributed by atoms with Gasteiger partial charge in [-0.15, -0.1) is 0 Å². The van der Waals surface area contributed by atoms with E-state index in [1.807, 2.05) is 0 Å². The van der Waals surface area contributed by atoms with Gasteiger partial charge in [0.05, 0.1) is 0 Å². The maximum atomic E-state index is 5.57. The van der Waals surface area contributed by atoms with Crippen LogP contribution in [-0.2, 0) is 39.8 Å². The monoisotopic (exact) mass is 613 g/mol. The molecule has 38 heavy (non-hydrogen) atoms. The van der Waals surface area contributed by atoms with Gasteiger partial charge in [0, 0.05) is 92.4 Å². The van der Waals surface area contributed by atoms with Crippen LogP contribution in [0.3, 0.4) is 0 Å². The SMILES string of the molecule is CO[Si](CCCCCC([Si])(CCCCC[Si](OC)(OC)OC)CCCCC[Si](OC)(OC)OC)(OC)OC. The first kappa shape index (κ1) is 38.5. The second kappa shape index (κ2) is 21.2. The minimum absolute atomic E-state index is 0.134. The fourth-order valence-corrected chi connectivity index (χ4v) is 10.9. The average molecular weight is 614 g/mol. The van der Waals surface area contributed by atoms with Crippen LogP contribution in [-0.4, -0.2) is 101 Å². The molecular formula is C25H57O9Si4. The summed E-state index contributed by atoms with van der Waals surface area (Å²) >= 11 is 0. The molecule has 0 saturated carbocycles. The lowest BCUT2D eigenvalue weighted by Gasteiger charge is -2.31. The molecule has 0 unspecified atom stereocenters. The minimum atomic E-state index is -2.49. The first-order valence-corrected chi connectivity index (χ1v) is 20.2. The molecule has 0 aliphatic heterocycles. The molecule has 0 fully saturated rings. The van der Waals surface area contributed by atoms with Crippen molar-refractivity contribution in [3.8, 4) is 0 Å². The van der Waals surface area contributed by atoms with Crippen LogP contribution < -0.4 is 0 Å². The van der Waals surface area contributed by atoms with Crippen LogP contribution in [0.15, 0.2) is 0 Å². The third-order valence-corrected chi connectivity index (χ3v) is 17.0. The minimum Gasteiger partial charge on any atom is -0.377 e. The Bertz CT molecular complexity index is 464. The van der Waals surface area contributed by atoms with Gasteiger partial charge in [-0.05, 0) is 24.3 Å². The molecule has 3 radical (unpaired) electrons. The largest absolute Gasteiger partial charge is 0.500 e. The maximum absolute atomic E-state index is 5.57. The first-order chi connectivity index (χ1) is 18.2. The summed E-state index contributed by atoms with van der Waals surface area (Å²) in [4.78, 5) is 0. The molecule has 0 rings (SSSR count). The molecule has 0 spiro atoms. The van der Waals surface area contributed by atoms with E-state index in [2.05, 4.69) is 10.2 Å². The van der Waals surface area contributed by atoms with E-state index in [9.17, 15) is 0 Å². The molecule has 0 aliphatic carbocycles. The highest BCUT2D eigenvalue weighted by Gasteiger charge is 2.38. The van der Waals surface area contributed by atoms with Gasteiger partial charge >= 0.3 is 26.4 Å². The van der Waals surface area contributed by atoms with Crippen molar-refractivity contribution in [3.05, 3.63) is 0 Å². The van der Waals surface area contributed by atoms with Gasteiger partial charge in [-0.25, -0.2) is 0 Å². The summed E-state index contributed by atoms with van der Waals surface area (Å²) in [5.41, 5.74) is 0. The standard InChI is InChI=1S/C25H57O9Si4/c1-26-36(27-2,28-3)22-16-10-13-19-25(35,20-14-11-17-23-37(29-4,30-5)31-6)21-15-12-18-24-38(32-7,33-8)34-9/h10-24H2,1-9H3. The van der Waals surface area contributed by atoms with Crippen LogP contribution >= 0.6 is 0 Å². The summed E-state index contributed by atoms with van der Waals surface area (Å²) in [6.45, 7) is 0. The highest BCUT2D eigenvalue weighted by Crippen LogP contribution is 2.41. The van der Waals surface area contributed by atoms with Crippen LogP contribution in [0.2, 0.25) is 23.2 Å². The Kier molecular flexibility index (Phi) is 21.5. The van der Waals surface area contributed by atoms with Gasteiger partial charge in [-0.3, -0.25) is 0 Å². The summed E-state index contributed by atoms with van der Waals surface area (Å²) < 4.78 is 50.1. The first-order valence-electron chi connectivity index (χ1n) is 13.9. The normalized spacial score (nSPS) is 13.4. The molecule has 0 N–H and O–H groups in total. The number of hydrogen-bond acceptors (Lipinski definition) is 9. The lowest BCUT2D eigenvalue weighted by molar-refractivity contribution is 0.122. The fourth-order valence-electron chi connectivity index (χ4n) is 4.99. The number of rotatable bonds is 27. The molecule has 0 heterocycles. The van der Waals surface area contributed by atoms with Crippen LogP contribution in [0.5, 0.6) is 0 Å². The van der Waals surface area contributed by atoms with Crippen molar-refractivity contribution in [2.24, 2.45) is 0 Å². The molecular weight excluding hydrogens is 557 g/mol.